The molecule has 0 heteroatoms. The summed E-state index contributed by atoms with van der Waals surface area (Å²) in [5.74, 6) is 0. The summed E-state index contributed by atoms with van der Waals surface area (Å²) in [7, 11) is 0. The molecule has 54 heavy (non-hydrogen) atoms. The van der Waals surface area contributed by atoms with E-state index in [4.69, 9.17) is 0 Å². The summed E-state index contributed by atoms with van der Waals surface area (Å²) >= 11 is 0. The molecule has 0 aliphatic heterocycles. The molecule has 2 aliphatic carbocycles. The van der Waals surface area contributed by atoms with Crippen LogP contribution in [0.2, 0.25) is 0 Å². The molecule has 256 valence electrons. The van der Waals surface area contributed by atoms with Gasteiger partial charge in [-0.25, -0.2) is 0 Å². The van der Waals surface area contributed by atoms with Gasteiger partial charge in [-0.15, -0.1) is 0 Å². The zero-order valence-electron chi connectivity index (χ0n) is 31.2. The zero-order chi connectivity index (χ0) is 36.3. The first kappa shape index (κ1) is 31.3. The van der Waals surface area contributed by atoms with Crippen LogP contribution in [0.25, 0.3) is 88.0 Å². The fraction of sp³-hybridized carbons (Fsp3) is 0.111. The lowest BCUT2D eigenvalue weighted by atomic mass is 9.67. The molecule has 0 heterocycles. The average molecular weight is 689 g/mol. The Morgan fingerprint density at radius 1 is 0.296 bits per heavy atom. The van der Waals surface area contributed by atoms with Crippen LogP contribution in [0, 0.1) is 0 Å². The van der Waals surface area contributed by atoms with Crippen molar-refractivity contribution in [2.24, 2.45) is 0 Å². The second-order valence-electron chi connectivity index (χ2n) is 16.5. The molecule has 0 saturated carbocycles. The predicted octanol–water partition coefficient (Wildman–Crippen LogP) is 14.8. The highest BCUT2D eigenvalue weighted by atomic mass is 14.4. The molecule has 11 rings (SSSR count). The zero-order valence-corrected chi connectivity index (χ0v) is 31.2. The maximum atomic E-state index is 2.55. The summed E-state index contributed by atoms with van der Waals surface area (Å²) in [6.45, 7) is 9.67. The van der Waals surface area contributed by atoms with E-state index in [0.29, 0.717) is 0 Å². The number of hydrogen-bond donors (Lipinski definition) is 0. The van der Waals surface area contributed by atoms with Gasteiger partial charge in [0.2, 0.25) is 0 Å². The average Bonchev–Trinajstić information content (AvgIpc) is 3.44. The Kier molecular flexibility index (Phi) is 6.46. The molecule has 0 N–H and O–H groups in total. The molecular weight excluding hydrogens is 649 g/mol. The number of fused-ring (bicyclic) bond motifs is 8. The molecular formula is C54H40. The third kappa shape index (κ3) is 4.32. The van der Waals surface area contributed by atoms with E-state index >= 15 is 0 Å². The lowest BCUT2D eigenvalue weighted by Crippen LogP contribution is -2.24. The van der Waals surface area contributed by atoms with Crippen molar-refractivity contribution in [3.05, 3.63) is 192 Å². The van der Waals surface area contributed by atoms with Gasteiger partial charge in [-0.1, -0.05) is 179 Å². The second-order valence-corrected chi connectivity index (χ2v) is 16.5. The summed E-state index contributed by atoms with van der Waals surface area (Å²) in [5, 5.41) is 7.92. The first-order valence-corrected chi connectivity index (χ1v) is 19.3. The van der Waals surface area contributed by atoms with Gasteiger partial charge < -0.3 is 0 Å². The van der Waals surface area contributed by atoms with Crippen molar-refractivity contribution in [2.75, 3.05) is 0 Å². The van der Waals surface area contributed by atoms with Crippen molar-refractivity contribution >= 4 is 32.3 Å². The van der Waals surface area contributed by atoms with E-state index in [1.165, 1.54) is 110 Å². The van der Waals surface area contributed by atoms with Crippen molar-refractivity contribution < 1.29 is 0 Å². The van der Waals surface area contributed by atoms with Gasteiger partial charge in [0, 0.05) is 10.8 Å². The van der Waals surface area contributed by atoms with Crippen molar-refractivity contribution in [3.63, 3.8) is 0 Å². The Hall–Kier alpha value is -6.24. The van der Waals surface area contributed by atoms with Crippen molar-refractivity contribution in [1.82, 2.24) is 0 Å². The summed E-state index contributed by atoms with van der Waals surface area (Å²) in [6, 6.07) is 63.8. The first-order valence-electron chi connectivity index (χ1n) is 19.3. The molecule has 0 nitrogen and oxygen atoms in total. The molecule has 0 atom stereocenters. The lowest BCUT2D eigenvalue weighted by molar-refractivity contribution is 0.644. The van der Waals surface area contributed by atoms with Crippen LogP contribution < -0.4 is 0 Å². The minimum atomic E-state index is -0.157. The summed E-state index contributed by atoms with van der Waals surface area (Å²) in [6.07, 6.45) is 0. The quantitative estimate of drug-likeness (QED) is 0.173. The number of hydrogen-bond acceptors (Lipinski definition) is 0. The largest absolute Gasteiger partial charge is 0.0616 e. The van der Waals surface area contributed by atoms with E-state index in [1.807, 2.05) is 0 Å². The fourth-order valence-corrected chi connectivity index (χ4v) is 10.0. The van der Waals surface area contributed by atoms with Gasteiger partial charge in [-0.05, 0) is 128 Å². The Morgan fingerprint density at radius 3 is 1.52 bits per heavy atom. The monoisotopic (exact) mass is 688 g/mol. The normalized spacial score (nSPS) is 14.6. The molecule has 0 radical (unpaired) electrons. The van der Waals surface area contributed by atoms with Crippen LogP contribution in [0.3, 0.4) is 0 Å². The summed E-state index contributed by atoms with van der Waals surface area (Å²) in [4.78, 5) is 0. The van der Waals surface area contributed by atoms with Crippen molar-refractivity contribution in [2.45, 2.75) is 38.5 Å². The molecule has 9 aromatic carbocycles. The van der Waals surface area contributed by atoms with Gasteiger partial charge >= 0.3 is 0 Å². The van der Waals surface area contributed by atoms with Crippen LogP contribution in [0.15, 0.2) is 170 Å². The molecule has 0 amide bonds. The van der Waals surface area contributed by atoms with Gasteiger partial charge in [-0.3, -0.25) is 0 Å². The molecule has 0 saturated heterocycles. The summed E-state index contributed by atoms with van der Waals surface area (Å²) < 4.78 is 0. The Labute approximate surface area is 317 Å². The Morgan fingerprint density at radius 2 is 0.796 bits per heavy atom. The van der Waals surface area contributed by atoms with E-state index in [-0.39, 0.29) is 10.8 Å². The van der Waals surface area contributed by atoms with Crippen LogP contribution in [-0.2, 0) is 10.8 Å². The van der Waals surface area contributed by atoms with Crippen LogP contribution >= 0.6 is 0 Å². The van der Waals surface area contributed by atoms with Crippen molar-refractivity contribution in [3.8, 4) is 55.6 Å². The van der Waals surface area contributed by atoms with E-state index in [1.54, 1.807) is 0 Å². The van der Waals surface area contributed by atoms with E-state index in [0.717, 1.165) is 0 Å². The van der Waals surface area contributed by atoms with Crippen LogP contribution in [0.5, 0.6) is 0 Å². The van der Waals surface area contributed by atoms with Crippen LogP contribution in [0.4, 0.5) is 0 Å². The molecule has 0 unspecified atom stereocenters. The van der Waals surface area contributed by atoms with E-state index < -0.39 is 0 Å². The number of benzene rings is 9. The Balaban J connectivity index is 1.04. The first-order chi connectivity index (χ1) is 26.3. The lowest BCUT2D eigenvalue weighted by Gasteiger charge is -2.36. The Bertz CT molecular complexity index is 3010. The highest BCUT2D eigenvalue weighted by Gasteiger charge is 2.41. The highest BCUT2D eigenvalue weighted by Crippen LogP contribution is 2.58. The molecule has 2 aliphatic rings. The molecule has 9 aromatic rings. The van der Waals surface area contributed by atoms with Gasteiger partial charge in [0.25, 0.3) is 0 Å². The van der Waals surface area contributed by atoms with Crippen molar-refractivity contribution in [1.29, 1.82) is 0 Å². The van der Waals surface area contributed by atoms with E-state index in [2.05, 4.69) is 198 Å². The van der Waals surface area contributed by atoms with E-state index in [9.17, 15) is 0 Å². The third-order valence-corrected chi connectivity index (χ3v) is 12.9. The maximum Gasteiger partial charge on any atom is 0.0159 e. The van der Waals surface area contributed by atoms with Gasteiger partial charge in [0.05, 0.1) is 0 Å². The van der Waals surface area contributed by atoms with Gasteiger partial charge in [-0.2, -0.15) is 0 Å². The maximum absolute atomic E-state index is 2.55. The minimum absolute atomic E-state index is 0.152. The highest BCUT2D eigenvalue weighted by molar-refractivity contribution is 6.13. The SMILES string of the molecule is CC1(C)c2cc(-c3ccc(-c4cccc5ccccc45)cc3)ccc2-c2c1cc1c3c(cccc23)C(C)(C)c2cc(-c3cccc4ccccc34)ccc2-1. The fourth-order valence-electron chi connectivity index (χ4n) is 10.0. The molecule has 0 spiro atoms. The van der Waals surface area contributed by atoms with Crippen LogP contribution in [0.1, 0.15) is 49.9 Å². The molecule has 0 aromatic heterocycles. The third-order valence-electron chi connectivity index (χ3n) is 12.9. The molecule has 0 fully saturated rings. The minimum Gasteiger partial charge on any atom is -0.0616 e. The molecule has 0 bridgehead atoms. The van der Waals surface area contributed by atoms with Gasteiger partial charge in [0.15, 0.2) is 0 Å². The van der Waals surface area contributed by atoms with Crippen LogP contribution in [-0.4, -0.2) is 0 Å². The smallest absolute Gasteiger partial charge is 0.0159 e. The topological polar surface area (TPSA) is 0 Å². The van der Waals surface area contributed by atoms with Gasteiger partial charge in [0.1, 0.15) is 0 Å². The second kappa shape index (κ2) is 11.1. The summed E-state index contributed by atoms with van der Waals surface area (Å²) in [5.41, 5.74) is 18.4. The standard InChI is InChI=1S/C54H40/c1-53(2)47-21-11-20-45-51-44-29-26-37(33-22-24-36(25-23-33)41-18-9-14-34-12-5-7-16-39(34)41)30-49(44)54(3,4)50(51)32-46(52(45)47)43-28-27-38(31-48(43)53)42-19-10-15-35-13-6-8-17-40(35)42/h5-32H,1-4H3. The number of rotatable bonds is 3. The predicted molar refractivity (Wildman–Crippen MR) is 230 cm³/mol.